The van der Waals surface area contributed by atoms with Gasteiger partial charge in [0.25, 0.3) is 0 Å². The number of anilines is 1. The first-order valence-electron chi connectivity index (χ1n) is 5.17. The molecule has 0 bridgehead atoms. The molecule has 3 nitrogen and oxygen atoms in total. The lowest BCUT2D eigenvalue weighted by Crippen LogP contribution is -2.26. The number of nitrogens with two attached hydrogens (primary N) is 1. The molecule has 2 N–H and O–H groups in total. The number of hydrogen-bond donors (Lipinski definition) is 1. The molecule has 1 saturated heterocycles. The van der Waals surface area contributed by atoms with Gasteiger partial charge in [-0.05, 0) is 23.9 Å². The molecule has 2 aromatic rings. The summed E-state index contributed by atoms with van der Waals surface area (Å²) in [7, 11) is 0. The number of aromatic nitrogens is 1. The van der Waals surface area contributed by atoms with Crippen molar-refractivity contribution in [3.05, 3.63) is 23.7 Å². The molecule has 0 radical (unpaired) electrons. The normalized spacial score (nSPS) is 21.4. The fourth-order valence-corrected chi connectivity index (χ4v) is 2.89. The third-order valence-electron chi connectivity index (χ3n) is 2.88. The number of fused-ring (bicyclic) bond motifs is 1. The molecule has 0 amide bonds. The maximum absolute atomic E-state index is 5.92. The van der Waals surface area contributed by atoms with E-state index in [1.165, 1.54) is 10.1 Å². The molecule has 1 fully saturated rings. The van der Waals surface area contributed by atoms with Crippen molar-refractivity contribution >= 4 is 27.2 Å². The molecule has 2 aromatic heterocycles. The lowest BCUT2D eigenvalue weighted by molar-refractivity contribution is 0.752. The fraction of sp³-hybridized carbons (Fsp3) is 0.364. The largest absolute Gasteiger partial charge is 0.354 e. The zero-order valence-corrected chi connectivity index (χ0v) is 9.20. The molecular weight excluding hydrogens is 206 g/mol. The standard InChI is InChI=1S/C11H13N3S/c12-8-2-5-14(7-8)11-9-3-6-15-10(9)1-4-13-11/h1,3-4,6,8H,2,5,7,12H2/t8-/m0/s1. The van der Waals surface area contributed by atoms with Crippen molar-refractivity contribution in [2.75, 3.05) is 18.0 Å². The van der Waals surface area contributed by atoms with Crippen molar-refractivity contribution < 1.29 is 0 Å². The average Bonchev–Trinajstić information content (AvgIpc) is 2.84. The summed E-state index contributed by atoms with van der Waals surface area (Å²) in [6, 6.07) is 4.52. The van der Waals surface area contributed by atoms with Gasteiger partial charge >= 0.3 is 0 Å². The first kappa shape index (κ1) is 9.12. The Morgan fingerprint density at radius 1 is 1.47 bits per heavy atom. The van der Waals surface area contributed by atoms with E-state index in [9.17, 15) is 0 Å². The molecule has 1 aliphatic heterocycles. The predicted molar refractivity (Wildman–Crippen MR) is 64.4 cm³/mol. The zero-order valence-electron chi connectivity index (χ0n) is 8.39. The van der Waals surface area contributed by atoms with Crippen LogP contribution in [-0.2, 0) is 0 Å². The van der Waals surface area contributed by atoms with E-state index in [2.05, 4.69) is 27.4 Å². The predicted octanol–water partition coefficient (Wildman–Crippen LogP) is 1.83. The number of pyridine rings is 1. The third kappa shape index (κ3) is 1.50. The van der Waals surface area contributed by atoms with Crippen LogP contribution >= 0.6 is 11.3 Å². The van der Waals surface area contributed by atoms with E-state index in [0.29, 0.717) is 6.04 Å². The second kappa shape index (κ2) is 3.47. The summed E-state index contributed by atoms with van der Waals surface area (Å²) in [5, 5.41) is 3.38. The van der Waals surface area contributed by atoms with Gasteiger partial charge in [-0.3, -0.25) is 0 Å². The number of thiophene rings is 1. The van der Waals surface area contributed by atoms with Gasteiger partial charge in [0, 0.05) is 35.4 Å². The van der Waals surface area contributed by atoms with Crippen LogP contribution in [0.3, 0.4) is 0 Å². The molecule has 3 heterocycles. The van der Waals surface area contributed by atoms with E-state index in [0.717, 1.165) is 25.3 Å². The van der Waals surface area contributed by atoms with Crippen LogP contribution in [0.25, 0.3) is 10.1 Å². The van der Waals surface area contributed by atoms with Crippen LogP contribution in [0.5, 0.6) is 0 Å². The van der Waals surface area contributed by atoms with Crippen LogP contribution in [0.15, 0.2) is 23.7 Å². The van der Waals surface area contributed by atoms with E-state index in [4.69, 9.17) is 5.73 Å². The van der Waals surface area contributed by atoms with Crippen molar-refractivity contribution in [3.8, 4) is 0 Å². The minimum absolute atomic E-state index is 0.306. The molecule has 78 valence electrons. The summed E-state index contributed by atoms with van der Waals surface area (Å²) >= 11 is 1.76. The Bertz CT molecular complexity index is 479. The molecule has 0 spiro atoms. The molecular formula is C11H13N3S. The average molecular weight is 219 g/mol. The van der Waals surface area contributed by atoms with Crippen LogP contribution < -0.4 is 10.6 Å². The minimum atomic E-state index is 0.306. The van der Waals surface area contributed by atoms with Crippen LogP contribution in [-0.4, -0.2) is 24.1 Å². The van der Waals surface area contributed by atoms with Gasteiger partial charge in [0.15, 0.2) is 0 Å². The first-order chi connectivity index (χ1) is 7.34. The molecule has 15 heavy (non-hydrogen) atoms. The summed E-state index contributed by atoms with van der Waals surface area (Å²) in [5.74, 6) is 1.10. The van der Waals surface area contributed by atoms with Gasteiger partial charge < -0.3 is 10.6 Å². The number of hydrogen-bond acceptors (Lipinski definition) is 4. The highest BCUT2D eigenvalue weighted by molar-refractivity contribution is 7.17. The molecule has 0 saturated carbocycles. The van der Waals surface area contributed by atoms with Gasteiger partial charge in [-0.1, -0.05) is 0 Å². The molecule has 1 atom stereocenters. The zero-order chi connectivity index (χ0) is 10.3. The van der Waals surface area contributed by atoms with Crippen LogP contribution in [0.2, 0.25) is 0 Å². The highest BCUT2D eigenvalue weighted by atomic mass is 32.1. The maximum atomic E-state index is 5.92. The molecule has 0 unspecified atom stereocenters. The van der Waals surface area contributed by atoms with E-state index >= 15 is 0 Å². The quantitative estimate of drug-likeness (QED) is 0.795. The van der Waals surface area contributed by atoms with Gasteiger partial charge in [-0.2, -0.15) is 0 Å². The van der Waals surface area contributed by atoms with E-state index < -0.39 is 0 Å². The number of rotatable bonds is 1. The van der Waals surface area contributed by atoms with Crippen LogP contribution in [0.4, 0.5) is 5.82 Å². The summed E-state index contributed by atoms with van der Waals surface area (Å²) in [4.78, 5) is 6.76. The van der Waals surface area contributed by atoms with Crippen molar-refractivity contribution in [3.63, 3.8) is 0 Å². The van der Waals surface area contributed by atoms with Crippen molar-refractivity contribution in [1.82, 2.24) is 4.98 Å². The summed E-state index contributed by atoms with van der Waals surface area (Å²) in [5.41, 5.74) is 5.92. The van der Waals surface area contributed by atoms with Crippen LogP contribution in [0, 0.1) is 0 Å². The molecule has 4 heteroatoms. The van der Waals surface area contributed by atoms with Gasteiger partial charge in [-0.25, -0.2) is 4.98 Å². The Hall–Kier alpha value is -1.13. The Labute approximate surface area is 92.5 Å². The van der Waals surface area contributed by atoms with E-state index in [-0.39, 0.29) is 0 Å². The van der Waals surface area contributed by atoms with Crippen molar-refractivity contribution in [2.24, 2.45) is 5.73 Å². The summed E-state index contributed by atoms with van der Waals surface area (Å²) in [6.07, 6.45) is 2.96. The highest BCUT2D eigenvalue weighted by Gasteiger charge is 2.21. The van der Waals surface area contributed by atoms with E-state index in [1.54, 1.807) is 11.3 Å². The highest BCUT2D eigenvalue weighted by Crippen LogP contribution is 2.29. The second-order valence-corrected chi connectivity index (χ2v) is 4.91. The van der Waals surface area contributed by atoms with Gasteiger partial charge in [-0.15, -0.1) is 11.3 Å². The first-order valence-corrected chi connectivity index (χ1v) is 6.05. The van der Waals surface area contributed by atoms with Gasteiger partial charge in [0.2, 0.25) is 0 Å². The summed E-state index contributed by atoms with van der Waals surface area (Å²) in [6.45, 7) is 1.96. The smallest absolute Gasteiger partial charge is 0.137 e. The monoisotopic (exact) mass is 219 g/mol. The molecule has 0 aromatic carbocycles. The number of nitrogens with zero attached hydrogens (tertiary/aromatic N) is 2. The topological polar surface area (TPSA) is 42.1 Å². The summed E-state index contributed by atoms with van der Waals surface area (Å²) < 4.78 is 1.31. The van der Waals surface area contributed by atoms with Gasteiger partial charge in [0.05, 0.1) is 0 Å². The second-order valence-electron chi connectivity index (χ2n) is 3.96. The maximum Gasteiger partial charge on any atom is 0.137 e. The Kier molecular flexibility index (Phi) is 2.11. The fourth-order valence-electron chi connectivity index (χ4n) is 2.11. The third-order valence-corrected chi connectivity index (χ3v) is 3.77. The molecule has 1 aliphatic rings. The Morgan fingerprint density at radius 3 is 3.20 bits per heavy atom. The van der Waals surface area contributed by atoms with E-state index in [1.807, 2.05) is 6.20 Å². The minimum Gasteiger partial charge on any atom is -0.354 e. The lowest BCUT2D eigenvalue weighted by Gasteiger charge is -2.17. The van der Waals surface area contributed by atoms with Crippen molar-refractivity contribution in [2.45, 2.75) is 12.5 Å². The lowest BCUT2D eigenvalue weighted by atomic mass is 10.3. The SMILES string of the molecule is N[C@H]1CCN(c2nccc3sccc23)C1. The Balaban J connectivity index is 2.06. The van der Waals surface area contributed by atoms with Gasteiger partial charge in [0.1, 0.15) is 5.82 Å². The Morgan fingerprint density at radius 2 is 2.40 bits per heavy atom. The molecule has 0 aliphatic carbocycles. The van der Waals surface area contributed by atoms with Crippen LogP contribution in [0.1, 0.15) is 6.42 Å². The molecule has 3 rings (SSSR count). The van der Waals surface area contributed by atoms with Crippen molar-refractivity contribution in [1.29, 1.82) is 0 Å².